The molecule has 6 nitrogen and oxygen atoms in total. The van der Waals surface area contributed by atoms with Crippen LogP contribution in [0.3, 0.4) is 0 Å². The number of methoxy groups -OCH3 is 2. The fourth-order valence-electron chi connectivity index (χ4n) is 2.89. The molecule has 0 radical (unpaired) electrons. The second-order valence-electron chi connectivity index (χ2n) is 5.99. The van der Waals surface area contributed by atoms with Crippen molar-refractivity contribution in [1.29, 1.82) is 5.26 Å². The van der Waals surface area contributed by atoms with Crippen LogP contribution in [0.5, 0.6) is 11.5 Å². The maximum Gasteiger partial charge on any atom is 0.416 e. The number of nitrogens with zero attached hydrogens (tertiary/aromatic N) is 3. The number of alkyl halides is 3. The van der Waals surface area contributed by atoms with Crippen LogP contribution in [-0.4, -0.2) is 24.0 Å². The quantitative estimate of drug-likeness (QED) is 0.572. The van der Waals surface area contributed by atoms with Gasteiger partial charge in [0, 0.05) is 0 Å². The summed E-state index contributed by atoms with van der Waals surface area (Å²) in [6.45, 7) is 0. The van der Waals surface area contributed by atoms with E-state index in [1.807, 2.05) is 6.07 Å². The predicted molar refractivity (Wildman–Crippen MR) is 106 cm³/mol. The largest absolute Gasteiger partial charge is 0.493 e. The Morgan fingerprint density at radius 2 is 1.67 bits per heavy atom. The summed E-state index contributed by atoms with van der Waals surface area (Å²) in [5.41, 5.74) is 5.75. The standard InChI is InChI=1S/C19H13Cl2F3N4O2/c1-29-14-4-3-9(5-15(14)30-2)16-13(8-25)27-28(18(16)26)17-11(20)6-10(7-12(17)21)19(22,23)24/h3-7H,26H2,1-2H3. The number of rotatable bonds is 4. The van der Waals surface area contributed by atoms with Crippen LogP contribution in [0, 0.1) is 11.3 Å². The number of benzene rings is 2. The van der Waals surface area contributed by atoms with Gasteiger partial charge in [0.25, 0.3) is 0 Å². The van der Waals surface area contributed by atoms with Crippen LogP contribution >= 0.6 is 23.2 Å². The number of hydrogen-bond donors (Lipinski definition) is 1. The number of aromatic nitrogens is 2. The minimum Gasteiger partial charge on any atom is -0.493 e. The Morgan fingerprint density at radius 1 is 1.07 bits per heavy atom. The van der Waals surface area contributed by atoms with E-state index in [9.17, 15) is 18.4 Å². The van der Waals surface area contributed by atoms with Crippen LogP contribution in [0.15, 0.2) is 30.3 Å². The lowest BCUT2D eigenvalue weighted by molar-refractivity contribution is -0.137. The number of ether oxygens (including phenoxy) is 2. The van der Waals surface area contributed by atoms with Crippen molar-refractivity contribution < 1.29 is 22.6 Å². The van der Waals surface area contributed by atoms with E-state index in [0.717, 1.165) is 4.68 Å². The molecule has 3 aromatic rings. The summed E-state index contributed by atoms with van der Waals surface area (Å²) in [7, 11) is 2.92. The van der Waals surface area contributed by atoms with Gasteiger partial charge in [-0.3, -0.25) is 0 Å². The van der Waals surface area contributed by atoms with Gasteiger partial charge in [0.15, 0.2) is 17.2 Å². The van der Waals surface area contributed by atoms with E-state index in [-0.39, 0.29) is 32.8 Å². The van der Waals surface area contributed by atoms with Gasteiger partial charge in [-0.1, -0.05) is 29.3 Å². The minimum absolute atomic E-state index is 0.0395. The van der Waals surface area contributed by atoms with Crippen molar-refractivity contribution in [2.45, 2.75) is 6.18 Å². The number of anilines is 1. The van der Waals surface area contributed by atoms with Crippen molar-refractivity contribution in [1.82, 2.24) is 9.78 Å². The molecule has 0 saturated carbocycles. The van der Waals surface area contributed by atoms with Gasteiger partial charge in [-0.25, -0.2) is 4.68 Å². The molecule has 0 amide bonds. The molecule has 0 atom stereocenters. The van der Waals surface area contributed by atoms with Crippen LogP contribution in [0.4, 0.5) is 19.0 Å². The topological polar surface area (TPSA) is 86.1 Å². The van der Waals surface area contributed by atoms with Gasteiger partial charge < -0.3 is 15.2 Å². The normalized spacial score (nSPS) is 11.3. The van der Waals surface area contributed by atoms with Crippen LogP contribution in [-0.2, 0) is 6.18 Å². The van der Waals surface area contributed by atoms with Gasteiger partial charge in [0.2, 0.25) is 0 Å². The molecule has 0 aliphatic heterocycles. The Bertz CT molecular complexity index is 1150. The lowest BCUT2D eigenvalue weighted by atomic mass is 10.0. The molecule has 0 bridgehead atoms. The molecule has 11 heteroatoms. The Hall–Kier alpha value is -3.09. The molecular formula is C19H13Cl2F3N4O2. The van der Waals surface area contributed by atoms with E-state index in [2.05, 4.69) is 5.10 Å². The number of nitrogens with two attached hydrogens (primary N) is 1. The highest BCUT2D eigenvalue weighted by Crippen LogP contribution is 2.41. The average Bonchev–Trinajstić information content (AvgIpc) is 3.02. The zero-order valence-electron chi connectivity index (χ0n) is 15.5. The molecule has 1 aromatic heterocycles. The summed E-state index contributed by atoms with van der Waals surface area (Å²) in [5.74, 6) is 0.804. The second-order valence-corrected chi connectivity index (χ2v) is 6.80. The maximum absolute atomic E-state index is 13.0. The molecule has 3 rings (SSSR count). The van der Waals surface area contributed by atoms with Crippen molar-refractivity contribution in [3.8, 4) is 34.4 Å². The van der Waals surface area contributed by atoms with Gasteiger partial charge in [-0.15, -0.1) is 0 Å². The zero-order valence-corrected chi connectivity index (χ0v) is 17.0. The highest BCUT2D eigenvalue weighted by atomic mass is 35.5. The van der Waals surface area contributed by atoms with Gasteiger partial charge in [0.1, 0.15) is 17.6 Å². The van der Waals surface area contributed by atoms with E-state index in [4.69, 9.17) is 38.4 Å². The molecule has 30 heavy (non-hydrogen) atoms. The highest BCUT2D eigenvalue weighted by Gasteiger charge is 2.33. The second kappa shape index (κ2) is 7.97. The van der Waals surface area contributed by atoms with Crippen molar-refractivity contribution >= 4 is 29.0 Å². The summed E-state index contributed by atoms with van der Waals surface area (Å²) < 4.78 is 50.5. The summed E-state index contributed by atoms with van der Waals surface area (Å²) in [6.07, 6.45) is -4.63. The lowest BCUT2D eigenvalue weighted by Gasteiger charge is -2.13. The first-order valence-corrected chi connectivity index (χ1v) is 8.95. The Kier molecular flexibility index (Phi) is 5.74. The van der Waals surface area contributed by atoms with E-state index < -0.39 is 11.7 Å². The van der Waals surface area contributed by atoms with Crippen LogP contribution < -0.4 is 15.2 Å². The highest BCUT2D eigenvalue weighted by molar-refractivity contribution is 6.38. The van der Waals surface area contributed by atoms with Crippen molar-refractivity contribution in [3.63, 3.8) is 0 Å². The zero-order chi connectivity index (χ0) is 22.2. The number of nitrogen functional groups attached to an aromatic ring is 1. The first-order valence-electron chi connectivity index (χ1n) is 8.20. The molecule has 0 aliphatic carbocycles. The number of hydrogen-bond acceptors (Lipinski definition) is 5. The molecule has 0 spiro atoms. The summed E-state index contributed by atoms with van der Waals surface area (Å²) in [4.78, 5) is 0. The van der Waals surface area contributed by atoms with Crippen LogP contribution in [0.1, 0.15) is 11.3 Å². The molecule has 0 saturated heterocycles. The first-order chi connectivity index (χ1) is 14.1. The predicted octanol–water partition coefficient (Wildman–Crippen LogP) is 5.34. The van der Waals surface area contributed by atoms with E-state index in [1.165, 1.54) is 14.2 Å². The fourth-order valence-corrected chi connectivity index (χ4v) is 3.53. The van der Waals surface area contributed by atoms with Gasteiger partial charge in [-0.05, 0) is 29.8 Å². The van der Waals surface area contributed by atoms with E-state index >= 15 is 0 Å². The van der Waals surface area contributed by atoms with Gasteiger partial charge in [0.05, 0.1) is 35.4 Å². The third kappa shape index (κ3) is 3.72. The summed E-state index contributed by atoms with van der Waals surface area (Å²) >= 11 is 12.1. The van der Waals surface area contributed by atoms with Gasteiger partial charge in [-0.2, -0.15) is 23.5 Å². The van der Waals surface area contributed by atoms with E-state index in [0.29, 0.717) is 29.2 Å². The van der Waals surface area contributed by atoms with Crippen molar-refractivity contribution in [3.05, 3.63) is 51.6 Å². The Balaban J connectivity index is 2.23. The third-order valence-corrected chi connectivity index (χ3v) is 4.83. The number of nitriles is 1. The SMILES string of the molecule is COc1ccc(-c2c(C#N)nn(-c3c(Cl)cc(C(F)(F)F)cc3Cl)c2N)cc1OC. The Morgan fingerprint density at radius 3 is 2.17 bits per heavy atom. The smallest absolute Gasteiger partial charge is 0.416 e. The molecule has 0 fully saturated rings. The fraction of sp³-hybridized carbons (Fsp3) is 0.158. The molecule has 0 aliphatic rings. The van der Waals surface area contributed by atoms with Crippen molar-refractivity contribution in [2.75, 3.05) is 20.0 Å². The molecule has 2 aromatic carbocycles. The molecular weight excluding hydrogens is 444 g/mol. The Labute approximate surface area is 179 Å². The molecule has 156 valence electrons. The van der Waals surface area contributed by atoms with Crippen LogP contribution in [0.25, 0.3) is 16.8 Å². The third-order valence-electron chi connectivity index (χ3n) is 4.26. The minimum atomic E-state index is -4.63. The first kappa shape index (κ1) is 21.6. The molecule has 2 N–H and O–H groups in total. The summed E-state index contributed by atoms with van der Waals surface area (Å²) in [5, 5.41) is 13.0. The molecule has 1 heterocycles. The monoisotopic (exact) mass is 456 g/mol. The average molecular weight is 457 g/mol. The van der Waals surface area contributed by atoms with Gasteiger partial charge >= 0.3 is 6.18 Å². The summed E-state index contributed by atoms with van der Waals surface area (Å²) in [6, 6.07) is 8.18. The maximum atomic E-state index is 13.0. The molecule has 0 unspecified atom stereocenters. The van der Waals surface area contributed by atoms with Crippen LogP contribution in [0.2, 0.25) is 10.0 Å². The number of halogens is 5. The van der Waals surface area contributed by atoms with Crippen molar-refractivity contribution in [2.24, 2.45) is 0 Å². The lowest BCUT2D eigenvalue weighted by Crippen LogP contribution is -2.08. The van der Waals surface area contributed by atoms with E-state index in [1.54, 1.807) is 18.2 Å².